The minimum Gasteiger partial charge on any atom is -0.493 e. The van der Waals surface area contributed by atoms with Gasteiger partial charge in [0.2, 0.25) is 0 Å². The highest BCUT2D eigenvalue weighted by Gasteiger charge is 2.34. The number of ether oxygens (including phenoxy) is 4. The van der Waals surface area contributed by atoms with Crippen molar-refractivity contribution in [2.24, 2.45) is 0 Å². The molecule has 0 aromatic heterocycles. The summed E-state index contributed by atoms with van der Waals surface area (Å²) in [5.74, 6) is 1.56. The Morgan fingerprint density at radius 2 is 1.70 bits per heavy atom. The zero-order chi connectivity index (χ0) is 28.2. The number of nitrogen functional groups attached to an aromatic ring is 1. The summed E-state index contributed by atoms with van der Waals surface area (Å²) in [4.78, 5) is 40.9. The van der Waals surface area contributed by atoms with E-state index in [0.717, 1.165) is 37.8 Å². The standard InChI is InChI=1S/C29H36N4O7/c1-37-24-12-20(28(35)33-9-4-7-19(33)17-34)22(30)14-26(24)39-10-5-11-40-27-15-23-21(13-25(27)38-2)29(36)32-8-3-6-18(32)16-31-23/h12-15,17-19,31H,3-11,16,30H2,1-2H3/t18-,19-/m0/s1. The molecule has 3 N–H and O–H groups in total. The molecule has 2 fully saturated rings. The van der Waals surface area contributed by atoms with Gasteiger partial charge in [0.15, 0.2) is 23.0 Å². The molecule has 0 radical (unpaired) electrons. The van der Waals surface area contributed by atoms with Crippen molar-refractivity contribution >= 4 is 29.5 Å². The summed E-state index contributed by atoms with van der Waals surface area (Å²) in [5.41, 5.74) is 8.08. The summed E-state index contributed by atoms with van der Waals surface area (Å²) in [5, 5.41) is 3.40. The molecule has 3 heterocycles. The lowest BCUT2D eigenvalue weighted by atomic mass is 10.1. The molecule has 2 aromatic rings. The molecular formula is C29H36N4O7. The Kier molecular flexibility index (Phi) is 8.18. The van der Waals surface area contributed by atoms with Crippen LogP contribution < -0.4 is 30.0 Å². The summed E-state index contributed by atoms with van der Waals surface area (Å²) < 4.78 is 22.9. The number of likely N-dealkylation sites (tertiary alicyclic amines) is 1. The minimum atomic E-state index is -0.430. The molecule has 214 valence electrons. The van der Waals surface area contributed by atoms with Crippen LogP contribution in [0, 0.1) is 0 Å². The second-order valence-corrected chi connectivity index (χ2v) is 10.2. The van der Waals surface area contributed by atoms with Crippen LogP contribution >= 0.6 is 0 Å². The number of benzene rings is 2. The number of carbonyl (C=O) groups excluding carboxylic acids is 3. The van der Waals surface area contributed by atoms with Gasteiger partial charge in [-0.25, -0.2) is 0 Å². The van der Waals surface area contributed by atoms with E-state index in [1.165, 1.54) is 7.11 Å². The lowest BCUT2D eigenvalue weighted by molar-refractivity contribution is -0.111. The fourth-order valence-electron chi connectivity index (χ4n) is 5.65. The highest BCUT2D eigenvalue weighted by molar-refractivity contribution is 6.02. The molecule has 2 aromatic carbocycles. The molecular weight excluding hydrogens is 516 g/mol. The Morgan fingerprint density at radius 1 is 1.00 bits per heavy atom. The Bertz CT molecular complexity index is 1280. The number of rotatable bonds is 10. The third kappa shape index (κ3) is 5.32. The van der Waals surface area contributed by atoms with Crippen molar-refractivity contribution in [2.75, 3.05) is 58.1 Å². The van der Waals surface area contributed by atoms with E-state index >= 15 is 0 Å². The molecule has 0 saturated carbocycles. The fraction of sp³-hybridized carbons (Fsp3) is 0.483. The first-order valence-corrected chi connectivity index (χ1v) is 13.7. The molecule has 3 aliphatic rings. The van der Waals surface area contributed by atoms with E-state index in [2.05, 4.69) is 5.32 Å². The molecule has 2 amide bonds. The van der Waals surface area contributed by atoms with Crippen LogP contribution in [0.1, 0.15) is 52.8 Å². The molecule has 40 heavy (non-hydrogen) atoms. The van der Waals surface area contributed by atoms with Gasteiger partial charge in [-0.15, -0.1) is 0 Å². The second kappa shape index (κ2) is 11.9. The van der Waals surface area contributed by atoms with Gasteiger partial charge in [-0.1, -0.05) is 0 Å². The monoisotopic (exact) mass is 552 g/mol. The topological polar surface area (TPSA) is 133 Å². The molecule has 0 aliphatic carbocycles. The number of anilines is 2. The van der Waals surface area contributed by atoms with Crippen LogP contribution in [-0.4, -0.2) is 87.1 Å². The van der Waals surface area contributed by atoms with E-state index < -0.39 is 6.04 Å². The maximum absolute atomic E-state index is 13.1. The van der Waals surface area contributed by atoms with E-state index in [4.69, 9.17) is 24.7 Å². The molecule has 5 rings (SSSR count). The van der Waals surface area contributed by atoms with Gasteiger partial charge >= 0.3 is 0 Å². The van der Waals surface area contributed by atoms with Crippen molar-refractivity contribution in [3.8, 4) is 23.0 Å². The van der Waals surface area contributed by atoms with Gasteiger partial charge in [-0.3, -0.25) is 9.59 Å². The van der Waals surface area contributed by atoms with Crippen LogP contribution in [0.25, 0.3) is 0 Å². The van der Waals surface area contributed by atoms with Crippen LogP contribution in [0.4, 0.5) is 11.4 Å². The second-order valence-electron chi connectivity index (χ2n) is 10.2. The van der Waals surface area contributed by atoms with Crippen molar-refractivity contribution in [3.05, 3.63) is 35.4 Å². The molecule has 11 nitrogen and oxygen atoms in total. The number of carbonyl (C=O) groups is 3. The predicted octanol–water partition coefficient (Wildman–Crippen LogP) is 2.97. The maximum Gasteiger partial charge on any atom is 0.256 e. The van der Waals surface area contributed by atoms with Gasteiger partial charge in [0, 0.05) is 49.9 Å². The SMILES string of the molecule is COc1cc(C(=O)N2CCC[C@H]2C=O)c(N)cc1OCCCOc1cc2c(cc1OC)C(=O)N1CCC[C@H]1CN2. The van der Waals surface area contributed by atoms with E-state index in [1.54, 1.807) is 30.2 Å². The third-order valence-corrected chi connectivity index (χ3v) is 7.79. The fourth-order valence-corrected chi connectivity index (χ4v) is 5.65. The number of nitrogens with two attached hydrogens (primary N) is 1. The number of hydrogen-bond acceptors (Lipinski definition) is 9. The summed E-state index contributed by atoms with van der Waals surface area (Å²) in [6.45, 7) is 2.66. The first-order valence-electron chi connectivity index (χ1n) is 13.7. The van der Waals surface area contributed by atoms with Crippen LogP contribution in [0.3, 0.4) is 0 Å². The molecule has 2 saturated heterocycles. The van der Waals surface area contributed by atoms with Gasteiger partial charge in [0.1, 0.15) is 6.29 Å². The van der Waals surface area contributed by atoms with E-state index in [1.807, 2.05) is 11.0 Å². The molecule has 2 atom stereocenters. The number of aldehydes is 1. The zero-order valence-electron chi connectivity index (χ0n) is 22.9. The summed E-state index contributed by atoms with van der Waals surface area (Å²) >= 11 is 0. The number of amides is 2. The zero-order valence-corrected chi connectivity index (χ0v) is 22.9. The number of fused-ring (bicyclic) bond motifs is 2. The number of nitrogens with zero attached hydrogens (tertiary/aromatic N) is 2. The van der Waals surface area contributed by atoms with E-state index in [0.29, 0.717) is 67.7 Å². The molecule has 0 bridgehead atoms. The van der Waals surface area contributed by atoms with Crippen LogP contribution in [0.5, 0.6) is 23.0 Å². The quantitative estimate of drug-likeness (QED) is 0.259. The minimum absolute atomic E-state index is 0.0191. The van der Waals surface area contributed by atoms with Gasteiger partial charge < -0.3 is 44.6 Å². The lowest BCUT2D eigenvalue weighted by Gasteiger charge is -2.22. The van der Waals surface area contributed by atoms with Crippen LogP contribution in [0.15, 0.2) is 24.3 Å². The first-order chi connectivity index (χ1) is 19.4. The number of hydrogen-bond donors (Lipinski definition) is 2. The highest BCUT2D eigenvalue weighted by atomic mass is 16.5. The first kappa shape index (κ1) is 27.4. The van der Waals surface area contributed by atoms with Gasteiger partial charge in [-0.2, -0.15) is 0 Å². The van der Waals surface area contributed by atoms with Crippen LogP contribution in [0.2, 0.25) is 0 Å². The smallest absolute Gasteiger partial charge is 0.256 e. The normalized spacial score (nSPS) is 19.8. The molecule has 11 heteroatoms. The van der Waals surface area contributed by atoms with Crippen molar-refractivity contribution in [1.82, 2.24) is 9.80 Å². The largest absolute Gasteiger partial charge is 0.493 e. The Morgan fingerprint density at radius 3 is 2.42 bits per heavy atom. The Hall–Kier alpha value is -4.15. The maximum atomic E-state index is 13.1. The average Bonchev–Trinajstić information content (AvgIpc) is 3.62. The van der Waals surface area contributed by atoms with Crippen molar-refractivity contribution in [1.29, 1.82) is 0 Å². The molecule has 3 aliphatic heterocycles. The molecule has 0 unspecified atom stereocenters. The van der Waals surface area contributed by atoms with Crippen LogP contribution in [-0.2, 0) is 4.79 Å². The van der Waals surface area contributed by atoms with Gasteiger partial charge in [0.05, 0.1) is 50.3 Å². The number of methoxy groups -OCH3 is 2. The Balaban J connectivity index is 1.19. The average molecular weight is 553 g/mol. The van der Waals surface area contributed by atoms with Gasteiger partial charge in [-0.05, 0) is 37.8 Å². The van der Waals surface area contributed by atoms with Crippen molar-refractivity contribution in [2.45, 2.75) is 44.2 Å². The molecule has 0 spiro atoms. The Labute approximate surface area is 233 Å². The summed E-state index contributed by atoms with van der Waals surface area (Å²) in [7, 11) is 3.05. The highest BCUT2D eigenvalue weighted by Crippen LogP contribution is 2.37. The van der Waals surface area contributed by atoms with Crippen molar-refractivity contribution in [3.63, 3.8) is 0 Å². The summed E-state index contributed by atoms with van der Waals surface area (Å²) in [6.07, 6.45) is 4.80. The summed E-state index contributed by atoms with van der Waals surface area (Å²) in [6, 6.07) is 6.48. The lowest BCUT2D eigenvalue weighted by Crippen LogP contribution is -2.36. The predicted molar refractivity (Wildman–Crippen MR) is 149 cm³/mol. The van der Waals surface area contributed by atoms with Crippen molar-refractivity contribution < 1.29 is 33.3 Å². The third-order valence-electron chi connectivity index (χ3n) is 7.79. The van der Waals surface area contributed by atoms with Gasteiger partial charge in [0.25, 0.3) is 11.8 Å². The van der Waals surface area contributed by atoms with E-state index in [-0.39, 0.29) is 29.1 Å². The number of nitrogens with one attached hydrogen (secondary N) is 1. The van der Waals surface area contributed by atoms with E-state index in [9.17, 15) is 14.4 Å².